The van der Waals surface area contributed by atoms with Crippen molar-refractivity contribution in [3.05, 3.63) is 126 Å². The number of carbonyl (C=O) groups excluding carboxylic acids is 2. The lowest BCUT2D eigenvalue weighted by Crippen LogP contribution is -2.15. The monoisotopic (exact) mass is 459 g/mol. The molecule has 170 valence electrons. The number of benzene rings is 4. The Kier molecular flexibility index (Phi) is 6.13. The molecule has 0 aliphatic heterocycles. The van der Waals surface area contributed by atoms with Crippen molar-refractivity contribution < 1.29 is 9.59 Å². The van der Waals surface area contributed by atoms with Crippen LogP contribution in [0.15, 0.2) is 115 Å². The van der Waals surface area contributed by atoms with E-state index in [-0.39, 0.29) is 23.7 Å². The van der Waals surface area contributed by atoms with Gasteiger partial charge in [-0.3, -0.25) is 20.2 Å². The van der Waals surface area contributed by atoms with E-state index in [9.17, 15) is 9.59 Å². The van der Waals surface area contributed by atoms with Crippen molar-refractivity contribution in [3.8, 4) is 16.8 Å². The van der Waals surface area contributed by atoms with E-state index in [1.165, 1.54) is 4.68 Å². The minimum atomic E-state index is -0.344. The summed E-state index contributed by atoms with van der Waals surface area (Å²) in [6.45, 7) is 0. The first-order valence-corrected chi connectivity index (χ1v) is 11.0. The molecular weight excluding hydrogens is 438 g/mol. The first kappa shape index (κ1) is 21.8. The van der Waals surface area contributed by atoms with Crippen LogP contribution >= 0.6 is 0 Å². The Bertz CT molecular complexity index is 1450. The van der Waals surface area contributed by atoms with Gasteiger partial charge in [-0.2, -0.15) is 9.67 Å². The first-order chi connectivity index (χ1) is 17.2. The highest BCUT2D eigenvalue weighted by molar-refractivity contribution is 6.04. The molecule has 1 aromatic heterocycles. The number of nitrogens with one attached hydrogen (secondary N) is 2. The van der Waals surface area contributed by atoms with E-state index in [2.05, 4.69) is 20.7 Å². The molecule has 5 rings (SSSR count). The fraction of sp³-hybridized carbons (Fsp3) is 0. The third kappa shape index (κ3) is 4.99. The molecule has 0 aliphatic rings. The second kappa shape index (κ2) is 9.84. The summed E-state index contributed by atoms with van der Waals surface area (Å²) < 4.78 is 1.50. The molecule has 1 heterocycles. The molecule has 7 nitrogen and oxygen atoms in total. The van der Waals surface area contributed by atoms with Gasteiger partial charge < -0.3 is 0 Å². The van der Waals surface area contributed by atoms with Gasteiger partial charge in [-0.15, -0.1) is 5.10 Å². The minimum Gasteiger partial charge on any atom is -0.290 e. The van der Waals surface area contributed by atoms with Gasteiger partial charge in [0.25, 0.3) is 17.8 Å². The number of carbonyl (C=O) groups is 2. The van der Waals surface area contributed by atoms with Crippen LogP contribution in [-0.2, 0) is 0 Å². The first-order valence-electron chi connectivity index (χ1n) is 11.0. The fourth-order valence-electron chi connectivity index (χ4n) is 3.58. The van der Waals surface area contributed by atoms with E-state index < -0.39 is 0 Å². The Labute approximate surface area is 202 Å². The van der Waals surface area contributed by atoms with Crippen molar-refractivity contribution in [2.24, 2.45) is 0 Å². The number of aromatic nitrogens is 3. The Morgan fingerprint density at radius 1 is 0.571 bits per heavy atom. The van der Waals surface area contributed by atoms with Gasteiger partial charge in [0.2, 0.25) is 5.95 Å². The van der Waals surface area contributed by atoms with Crippen LogP contribution < -0.4 is 10.6 Å². The maximum Gasteiger partial charge on any atom is 0.258 e. The predicted octanol–water partition coefficient (Wildman–Crippen LogP) is 5.44. The molecule has 0 radical (unpaired) electrons. The van der Waals surface area contributed by atoms with Gasteiger partial charge in [0.05, 0.1) is 5.69 Å². The van der Waals surface area contributed by atoms with Crippen molar-refractivity contribution in [2.75, 3.05) is 10.6 Å². The van der Waals surface area contributed by atoms with Gasteiger partial charge in [-0.25, -0.2) is 0 Å². The minimum absolute atomic E-state index is 0.0781. The van der Waals surface area contributed by atoms with Crippen LogP contribution in [0.5, 0.6) is 0 Å². The number of amides is 2. The molecule has 0 bridgehead atoms. The molecule has 7 heteroatoms. The van der Waals surface area contributed by atoms with E-state index in [0.29, 0.717) is 16.8 Å². The lowest BCUT2D eigenvalue weighted by molar-refractivity contribution is 0.101. The normalized spacial score (nSPS) is 10.5. The number of anilines is 2. The molecule has 0 atom stereocenters. The molecule has 5 aromatic rings. The summed E-state index contributed by atoms with van der Waals surface area (Å²) in [6, 6.07) is 35.3. The highest BCUT2D eigenvalue weighted by Crippen LogP contribution is 2.23. The van der Waals surface area contributed by atoms with E-state index >= 15 is 0 Å². The molecule has 0 saturated carbocycles. The van der Waals surface area contributed by atoms with Gasteiger partial charge >= 0.3 is 0 Å². The van der Waals surface area contributed by atoms with Gasteiger partial charge in [0, 0.05) is 11.1 Å². The van der Waals surface area contributed by atoms with Gasteiger partial charge in [0.15, 0.2) is 0 Å². The Morgan fingerprint density at radius 3 is 1.63 bits per heavy atom. The Hall–Kier alpha value is -5.04. The smallest absolute Gasteiger partial charge is 0.258 e. The molecular formula is C28H21N5O2. The molecule has 0 saturated heterocycles. The average Bonchev–Trinajstić information content (AvgIpc) is 3.32. The van der Waals surface area contributed by atoms with Crippen LogP contribution in [0.4, 0.5) is 11.9 Å². The highest BCUT2D eigenvalue weighted by Gasteiger charge is 2.17. The Morgan fingerprint density at radius 2 is 1.06 bits per heavy atom. The fourth-order valence-corrected chi connectivity index (χ4v) is 3.58. The summed E-state index contributed by atoms with van der Waals surface area (Å²) in [7, 11) is 0. The largest absolute Gasteiger partial charge is 0.290 e. The molecule has 4 aromatic carbocycles. The SMILES string of the molecule is O=C(Nc1nc(NC(=O)c2ccccc2)n(-c2ccc(-c3ccccc3)cc2)n1)c1ccccc1. The lowest BCUT2D eigenvalue weighted by Gasteiger charge is -2.08. The third-order valence-corrected chi connectivity index (χ3v) is 5.35. The van der Waals surface area contributed by atoms with Crippen LogP contribution in [0.3, 0.4) is 0 Å². The summed E-state index contributed by atoms with van der Waals surface area (Å²) in [6.07, 6.45) is 0. The van der Waals surface area contributed by atoms with E-state index in [1.807, 2.05) is 66.7 Å². The van der Waals surface area contributed by atoms with Crippen LogP contribution in [0.25, 0.3) is 16.8 Å². The standard InChI is InChI=1S/C28H21N5O2/c34-25(22-12-6-2-7-13-22)29-27-31-28(30-26(35)23-14-8-3-9-15-23)33(32-27)24-18-16-21(17-19-24)20-10-4-1-5-11-20/h1-19H,(H2,29,30,31,32,34,35). The lowest BCUT2D eigenvalue weighted by atomic mass is 10.1. The zero-order valence-corrected chi connectivity index (χ0v) is 18.6. The van der Waals surface area contributed by atoms with Gasteiger partial charge in [0.1, 0.15) is 0 Å². The molecule has 0 aliphatic carbocycles. The van der Waals surface area contributed by atoms with Crippen LogP contribution in [0.2, 0.25) is 0 Å². The van der Waals surface area contributed by atoms with Crippen LogP contribution in [0, 0.1) is 0 Å². The van der Waals surface area contributed by atoms with Gasteiger partial charge in [-0.05, 0) is 47.5 Å². The van der Waals surface area contributed by atoms with Crippen molar-refractivity contribution in [1.29, 1.82) is 0 Å². The quantitative estimate of drug-likeness (QED) is 0.354. The summed E-state index contributed by atoms with van der Waals surface area (Å²) in [4.78, 5) is 29.8. The second-order valence-electron chi connectivity index (χ2n) is 7.72. The molecule has 0 fully saturated rings. The summed E-state index contributed by atoms with van der Waals surface area (Å²) in [5.41, 5.74) is 3.77. The van der Waals surface area contributed by atoms with Crippen molar-refractivity contribution in [2.45, 2.75) is 0 Å². The number of hydrogen-bond acceptors (Lipinski definition) is 4. The number of nitrogens with zero attached hydrogens (tertiary/aromatic N) is 3. The van der Waals surface area contributed by atoms with Crippen molar-refractivity contribution >= 4 is 23.7 Å². The van der Waals surface area contributed by atoms with Crippen molar-refractivity contribution in [3.63, 3.8) is 0 Å². The number of rotatable bonds is 6. The van der Waals surface area contributed by atoms with E-state index in [0.717, 1.165) is 11.1 Å². The van der Waals surface area contributed by atoms with E-state index in [4.69, 9.17) is 0 Å². The summed E-state index contributed by atoms with van der Waals surface area (Å²) in [5.74, 6) is -0.409. The molecule has 0 unspecified atom stereocenters. The molecule has 35 heavy (non-hydrogen) atoms. The zero-order valence-electron chi connectivity index (χ0n) is 18.6. The average molecular weight is 460 g/mol. The zero-order chi connectivity index (χ0) is 24.0. The van der Waals surface area contributed by atoms with Gasteiger partial charge in [-0.1, -0.05) is 78.9 Å². The van der Waals surface area contributed by atoms with Crippen LogP contribution in [-0.4, -0.2) is 26.6 Å². The van der Waals surface area contributed by atoms with E-state index in [1.54, 1.807) is 48.5 Å². The highest BCUT2D eigenvalue weighted by atomic mass is 16.2. The Balaban J connectivity index is 1.47. The summed E-state index contributed by atoms with van der Waals surface area (Å²) >= 11 is 0. The maximum absolute atomic E-state index is 12.8. The maximum atomic E-state index is 12.8. The second-order valence-corrected chi connectivity index (χ2v) is 7.72. The molecule has 2 amide bonds. The predicted molar refractivity (Wildman–Crippen MR) is 136 cm³/mol. The summed E-state index contributed by atoms with van der Waals surface area (Å²) in [5, 5.41) is 9.96. The number of hydrogen-bond donors (Lipinski definition) is 2. The van der Waals surface area contributed by atoms with Crippen molar-refractivity contribution in [1.82, 2.24) is 14.8 Å². The third-order valence-electron chi connectivity index (χ3n) is 5.35. The molecule has 2 N–H and O–H groups in total. The topological polar surface area (TPSA) is 88.9 Å². The van der Waals surface area contributed by atoms with Crippen LogP contribution in [0.1, 0.15) is 20.7 Å². The molecule has 0 spiro atoms.